The molecule has 0 aliphatic rings. The van der Waals surface area contributed by atoms with Gasteiger partial charge in [-0.25, -0.2) is 0 Å². The van der Waals surface area contributed by atoms with Crippen LogP contribution in [-0.4, -0.2) is 47.5 Å². The molecule has 0 radical (unpaired) electrons. The first-order chi connectivity index (χ1) is 13.4. The van der Waals surface area contributed by atoms with Crippen molar-refractivity contribution in [3.05, 3.63) is 0 Å². The lowest BCUT2D eigenvalue weighted by Gasteiger charge is -2.36. The highest BCUT2D eigenvalue weighted by Crippen LogP contribution is 2.25. The fourth-order valence-corrected chi connectivity index (χ4v) is 5.46. The van der Waals surface area contributed by atoms with E-state index in [1.165, 1.54) is 0 Å². The molecular formula is C21H46O6Si. The summed E-state index contributed by atoms with van der Waals surface area (Å²) in [7, 11) is -3.04. The Bertz CT molecular complexity index is 299. The molecule has 0 N–H and O–H groups in total. The van der Waals surface area contributed by atoms with Crippen LogP contribution in [0, 0.1) is 0 Å². The lowest BCUT2D eigenvalue weighted by Crippen LogP contribution is -2.52. The van der Waals surface area contributed by atoms with Gasteiger partial charge in [-0.05, 0) is 40.0 Å². The highest BCUT2D eigenvalue weighted by Gasteiger charge is 2.45. The van der Waals surface area contributed by atoms with Crippen LogP contribution in [0.15, 0.2) is 0 Å². The zero-order valence-corrected chi connectivity index (χ0v) is 20.5. The number of hydrogen-bond donors (Lipinski definition) is 0. The molecule has 0 saturated heterocycles. The van der Waals surface area contributed by atoms with Gasteiger partial charge in [-0.3, -0.25) is 0 Å². The molecule has 0 amide bonds. The molecular weight excluding hydrogens is 376 g/mol. The first kappa shape index (κ1) is 28.0. The van der Waals surface area contributed by atoms with Crippen LogP contribution in [0.25, 0.3) is 0 Å². The maximum absolute atomic E-state index is 6.29. The zero-order chi connectivity index (χ0) is 21.3. The summed E-state index contributed by atoms with van der Waals surface area (Å²) in [5, 5.41) is 0. The summed E-state index contributed by atoms with van der Waals surface area (Å²) in [4.78, 5) is 0. The summed E-state index contributed by atoms with van der Waals surface area (Å²) in [6.45, 7) is 16.2. The molecule has 3 unspecified atom stereocenters. The van der Waals surface area contributed by atoms with E-state index in [4.69, 9.17) is 27.5 Å². The SMILES string of the molecule is CCCCOC(C)O[Si](CCC)(OC(C)OCCCC)OC(C)OCCCC. The molecule has 3 atom stereocenters. The van der Waals surface area contributed by atoms with Gasteiger partial charge in [0, 0.05) is 25.9 Å². The quantitative estimate of drug-likeness (QED) is 0.139. The molecule has 0 aromatic rings. The Morgan fingerprint density at radius 2 is 0.857 bits per heavy atom. The van der Waals surface area contributed by atoms with E-state index >= 15 is 0 Å². The number of ether oxygens (including phenoxy) is 3. The van der Waals surface area contributed by atoms with Crippen molar-refractivity contribution in [1.29, 1.82) is 0 Å². The molecule has 0 aromatic heterocycles. The normalized spacial score (nSPS) is 17.2. The molecule has 0 aromatic carbocycles. The standard InChI is InChI=1S/C21H46O6Si/c1-8-12-15-22-19(5)25-28(18-11-4,26-20(6)23-16-13-9-2)27-21(7)24-17-14-10-3/h19-21H,8-18H2,1-7H3. The molecule has 0 aliphatic carbocycles. The highest BCUT2D eigenvalue weighted by molar-refractivity contribution is 6.60. The van der Waals surface area contributed by atoms with Crippen LogP contribution in [0.1, 0.15) is 93.4 Å². The smallest absolute Gasteiger partial charge is 0.354 e. The van der Waals surface area contributed by atoms with Gasteiger partial charge in [0.1, 0.15) is 18.9 Å². The molecule has 7 heteroatoms. The Hall–Kier alpha value is -0.0231. The minimum atomic E-state index is -3.04. The fourth-order valence-electron chi connectivity index (χ4n) is 2.61. The molecule has 0 bridgehead atoms. The van der Waals surface area contributed by atoms with Gasteiger partial charge in [0.2, 0.25) is 0 Å². The second kappa shape index (κ2) is 17.8. The van der Waals surface area contributed by atoms with Crippen LogP contribution in [0.5, 0.6) is 0 Å². The number of rotatable bonds is 20. The third kappa shape index (κ3) is 14.0. The molecule has 0 spiro atoms. The Balaban J connectivity index is 5.05. The second-order valence-corrected chi connectivity index (χ2v) is 9.74. The fraction of sp³-hybridized carbons (Fsp3) is 1.00. The van der Waals surface area contributed by atoms with E-state index in [0.29, 0.717) is 25.9 Å². The van der Waals surface area contributed by atoms with Crippen molar-refractivity contribution in [1.82, 2.24) is 0 Å². The summed E-state index contributed by atoms with van der Waals surface area (Å²) < 4.78 is 36.3. The van der Waals surface area contributed by atoms with Gasteiger partial charge in [0.25, 0.3) is 0 Å². The van der Waals surface area contributed by atoms with Crippen LogP contribution < -0.4 is 0 Å². The van der Waals surface area contributed by atoms with Gasteiger partial charge in [-0.1, -0.05) is 53.4 Å². The van der Waals surface area contributed by atoms with Crippen LogP contribution in [0.4, 0.5) is 0 Å². The van der Waals surface area contributed by atoms with E-state index in [2.05, 4.69) is 27.7 Å². The molecule has 0 saturated carbocycles. The van der Waals surface area contributed by atoms with Gasteiger partial charge in [0.05, 0.1) is 0 Å². The van der Waals surface area contributed by atoms with Crippen molar-refractivity contribution < 1.29 is 27.5 Å². The summed E-state index contributed by atoms with van der Waals surface area (Å²) in [6, 6.07) is 0.692. The monoisotopic (exact) mass is 422 g/mol. The van der Waals surface area contributed by atoms with E-state index < -0.39 is 27.7 Å². The second-order valence-electron chi connectivity index (χ2n) is 7.16. The van der Waals surface area contributed by atoms with Crippen LogP contribution in [0.2, 0.25) is 6.04 Å². The van der Waals surface area contributed by atoms with E-state index in [0.717, 1.165) is 44.9 Å². The molecule has 0 rings (SSSR count). The maximum Gasteiger partial charge on any atom is 0.506 e. The number of hydrogen-bond acceptors (Lipinski definition) is 6. The zero-order valence-electron chi connectivity index (χ0n) is 19.5. The third-order valence-electron chi connectivity index (χ3n) is 4.14. The van der Waals surface area contributed by atoms with E-state index in [9.17, 15) is 0 Å². The lowest BCUT2D eigenvalue weighted by molar-refractivity contribution is -0.179. The largest absolute Gasteiger partial charge is 0.506 e. The maximum atomic E-state index is 6.29. The third-order valence-corrected chi connectivity index (χ3v) is 7.33. The summed E-state index contributed by atoms with van der Waals surface area (Å²) in [5.74, 6) is 0. The highest BCUT2D eigenvalue weighted by atomic mass is 28.4. The Morgan fingerprint density at radius 3 is 1.11 bits per heavy atom. The van der Waals surface area contributed by atoms with Crippen LogP contribution in [0.3, 0.4) is 0 Å². The van der Waals surface area contributed by atoms with Gasteiger partial charge in [-0.15, -0.1) is 0 Å². The lowest BCUT2D eigenvalue weighted by atomic mass is 10.4. The van der Waals surface area contributed by atoms with Crippen molar-refractivity contribution in [2.45, 2.75) is 118 Å². The average molecular weight is 423 g/mol. The first-order valence-electron chi connectivity index (χ1n) is 11.3. The van der Waals surface area contributed by atoms with E-state index in [1.54, 1.807) is 0 Å². The van der Waals surface area contributed by atoms with Crippen LogP contribution in [-0.2, 0) is 27.5 Å². The number of unbranched alkanes of at least 4 members (excludes halogenated alkanes) is 3. The Morgan fingerprint density at radius 1 is 0.536 bits per heavy atom. The van der Waals surface area contributed by atoms with Crippen molar-refractivity contribution in [2.24, 2.45) is 0 Å². The van der Waals surface area contributed by atoms with Gasteiger partial charge >= 0.3 is 8.80 Å². The van der Waals surface area contributed by atoms with E-state index in [1.807, 2.05) is 20.8 Å². The van der Waals surface area contributed by atoms with Crippen LogP contribution >= 0.6 is 0 Å². The van der Waals surface area contributed by atoms with Gasteiger partial charge < -0.3 is 27.5 Å². The van der Waals surface area contributed by atoms with Crippen molar-refractivity contribution in [3.8, 4) is 0 Å². The molecule has 28 heavy (non-hydrogen) atoms. The average Bonchev–Trinajstić information content (AvgIpc) is 2.62. The minimum Gasteiger partial charge on any atom is -0.354 e. The summed E-state index contributed by atoms with van der Waals surface area (Å²) in [6.07, 6.45) is 5.98. The van der Waals surface area contributed by atoms with Crippen molar-refractivity contribution >= 4 is 8.80 Å². The Kier molecular flexibility index (Phi) is 17.8. The topological polar surface area (TPSA) is 55.4 Å². The predicted molar refractivity (Wildman–Crippen MR) is 115 cm³/mol. The van der Waals surface area contributed by atoms with Gasteiger partial charge in [-0.2, -0.15) is 0 Å². The minimum absolute atomic E-state index is 0.393. The van der Waals surface area contributed by atoms with Gasteiger partial charge in [0.15, 0.2) is 0 Å². The van der Waals surface area contributed by atoms with E-state index in [-0.39, 0.29) is 0 Å². The first-order valence-corrected chi connectivity index (χ1v) is 13.2. The van der Waals surface area contributed by atoms with Crippen molar-refractivity contribution in [3.63, 3.8) is 0 Å². The molecule has 0 aliphatic heterocycles. The molecule has 170 valence electrons. The molecule has 0 fully saturated rings. The summed E-state index contributed by atoms with van der Waals surface area (Å²) in [5.41, 5.74) is 0. The van der Waals surface area contributed by atoms with Crippen molar-refractivity contribution in [2.75, 3.05) is 19.8 Å². The molecule has 6 nitrogen and oxygen atoms in total. The predicted octanol–water partition coefficient (Wildman–Crippen LogP) is 5.87. The molecule has 0 heterocycles. The summed E-state index contributed by atoms with van der Waals surface area (Å²) >= 11 is 0. The Labute approximate surface area is 174 Å².